The quantitative estimate of drug-likeness (QED) is 0.810. The van der Waals surface area contributed by atoms with Crippen molar-refractivity contribution in [1.82, 2.24) is 0 Å². The molecule has 4 heteroatoms. The second-order valence-corrected chi connectivity index (χ2v) is 3.50. The van der Waals surface area contributed by atoms with Gasteiger partial charge in [0.15, 0.2) is 0 Å². The number of carbonyl (C=O) groups excluding carboxylic acids is 1. The zero-order valence-corrected chi connectivity index (χ0v) is 8.78. The Morgan fingerprint density at radius 2 is 1.47 bits per heavy atom. The Bertz CT molecular complexity index is 517. The summed E-state index contributed by atoms with van der Waals surface area (Å²) in [5.74, 6) is -1.23. The van der Waals surface area contributed by atoms with Crippen molar-refractivity contribution in [3.63, 3.8) is 0 Å². The highest BCUT2D eigenvalue weighted by atomic mass is 19.1. The normalized spacial score (nSPS) is 10.0. The van der Waals surface area contributed by atoms with Crippen LogP contribution < -0.4 is 5.32 Å². The monoisotopic (exact) mass is 233 g/mol. The minimum absolute atomic E-state index is 0.458. The number of rotatable bonds is 3. The summed E-state index contributed by atoms with van der Waals surface area (Å²) in [6, 6.07) is 10.0. The molecule has 0 fully saturated rings. The number of nitrogens with one attached hydrogen (secondary N) is 1. The fraction of sp³-hybridized carbons (Fsp3) is 0. The minimum Gasteiger partial charge on any atom is -0.329 e. The van der Waals surface area contributed by atoms with Crippen molar-refractivity contribution in [1.29, 1.82) is 0 Å². The van der Waals surface area contributed by atoms with Gasteiger partial charge in [0.1, 0.15) is 11.6 Å². The van der Waals surface area contributed by atoms with Crippen LogP contribution in [0.4, 0.5) is 14.5 Å². The van der Waals surface area contributed by atoms with Crippen molar-refractivity contribution in [3.05, 3.63) is 54.1 Å². The van der Waals surface area contributed by atoms with Crippen LogP contribution in [0.15, 0.2) is 42.5 Å². The first kappa shape index (κ1) is 11.3. The van der Waals surface area contributed by atoms with E-state index in [-0.39, 0.29) is 0 Å². The van der Waals surface area contributed by atoms with Gasteiger partial charge in [0.25, 0.3) is 0 Å². The Morgan fingerprint density at radius 1 is 0.882 bits per heavy atom. The van der Waals surface area contributed by atoms with E-state index in [1.807, 2.05) is 0 Å². The number of hydrogen-bond donors (Lipinski definition) is 1. The first-order valence-corrected chi connectivity index (χ1v) is 4.96. The Hall–Kier alpha value is -2.23. The minimum atomic E-state index is -0.616. The van der Waals surface area contributed by atoms with E-state index in [0.29, 0.717) is 23.2 Å². The van der Waals surface area contributed by atoms with Crippen LogP contribution in [0.1, 0.15) is 0 Å². The first-order valence-electron chi connectivity index (χ1n) is 4.96. The fourth-order valence-corrected chi connectivity index (χ4v) is 1.55. The van der Waals surface area contributed by atoms with E-state index in [4.69, 9.17) is 0 Å². The Balaban J connectivity index is 2.35. The van der Waals surface area contributed by atoms with Gasteiger partial charge in [0, 0.05) is 11.8 Å². The molecule has 1 N–H and O–H groups in total. The van der Waals surface area contributed by atoms with E-state index >= 15 is 0 Å². The topological polar surface area (TPSA) is 29.1 Å². The highest BCUT2D eigenvalue weighted by Gasteiger charge is 2.03. The van der Waals surface area contributed by atoms with Gasteiger partial charge in [-0.2, -0.15) is 0 Å². The highest BCUT2D eigenvalue weighted by Crippen LogP contribution is 2.23. The molecule has 2 nitrogen and oxygen atoms in total. The van der Waals surface area contributed by atoms with Crippen molar-refractivity contribution in [2.45, 2.75) is 0 Å². The second-order valence-electron chi connectivity index (χ2n) is 3.50. The largest absolute Gasteiger partial charge is 0.329 e. The highest BCUT2D eigenvalue weighted by molar-refractivity contribution is 5.73. The average molecular weight is 233 g/mol. The molecule has 2 aromatic rings. The maximum Gasteiger partial charge on any atom is 0.211 e. The van der Waals surface area contributed by atoms with Gasteiger partial charge >= 0.3 is 0 Å². The predicted molar refractivity (Wildman–Crippen MR) is 61.5 cm³/mol. The molecule has 0 heterocycles. The van der Waals surface area contributed by atoms with Crippen LogP contribution in [0.5, 0.6) is 0 Å². The summed E-state index contributed by atoms with van der Waals surface area (Å²) in [5.41, 5.74) is 1.76. The summed E-state index contributed by atoms with van der Waals surface area (Å²) in [6.07, 6.45) is 0.566. The van der Waals surface area contributed by atoms with Crippen molar-refractivity contribution >= 4 is 12.1 Å². The fourth-order valence-electron chi connectivity index (χ4n) is 1.55. The summed E-state index contributed by atoms with van der Waals surface area (Å²) < 4.78 is 26.0. The molecular weight excluding hydrogens is 224 g/mol. The number of carbonyl (C=O) groups is 1. The molecule has 0 aliphatic carbocycles. The smallest absolute Gasteiger partial charge is 0.211 e. The zero-order valence-electron chi connectivity index (χ0n) is 8.78. The van der Waals surface area contributed by atoms with Gasteiger partial charge in [-0.3, -0.25) is 4.79 Å². The van der Waals surface area contributed by atoms with Gasteiger partial charge in [-0.1, -0.05) is 12.1 Å². The van der Waals surface area contributed by atoms with Crippen LogP contribution in [0.2, 0.25) is 0 Å². The molecule has 0 saturated heterocycles. The van der Waals surface area contributed by atoms with Crippen LogP contribution in [-0.4, -0.2) is 6.41 Å². The number of benzene rings is 2. The Kier molecular flexibility index (Phi) is 3.14. The van der Waals surface area contributed by atoms with Crippen molar-refractivity contribution in [2.75, 3.05) is 5.32 Å². The molecule has 0 aliphatic heterocycles. The molecule has 2 rings (SSSR count). The van der Waals surface area contributed by atoms with Gasteiger partial charge in [-0.15, -0.1) is 0 Å². The molecule has 0 bridgehead atoms. The van der Waals surface area contributed by atoms with E-state index in [1.54, 1.807) is 24.3 Å². The van der Waals surface area contributed by atoms with Crippen LogP contribution in [0.25, 0.3) is 11.1 Å². The average Bonchev–Trinajstić information content (AvgIpc) is 2.29. The van der Waals surface area contributed by atoms with E-state index in [9.17, 15) is 13.6 Å². The summed E-state index contributed by atoms with van der Waals surface area (Å²) >= 11 is 0. The third-order valence-electron chi connectivity index (χ3n) is 2.31. The zero-order chi connectivity index (χ0) is 12.3. The molecule has 0 aromatic heterocycles. The summed E-state index contributed by atoms with van der Waals surface area (Å²) in [7, 11) is 0. The molecule has 17 heavy (non-hydrogen) atoms. The SMILES string of the molecule is O=CNc1ccc(-c2cc(F)cc(F)c2)cc1. The molecule has 1 amide bonds. The molecule has 86 valence electrons. The summed E-state index contributed by atoms with van der Waals surface area (Å²) in [6.45, 7) is 0. The molecular formula is C13H9F2NO. The van der Waals surface area contributed by atoms with Crippen LogP contribution in [0.3, 0.4) is 0 Å². The third kappa shape index (κ3) is 2.66. The maximum atomic E-state index is 13.0. The van der Waals surface area contributed by atoms with Gasteiger partial charge in [0.05, 0.1) is 0 Å². The molecule has 0 unspecified atom stereocenters. The first-order chi connectivity index (χ1) is 8.19. The molecule has 0 radical (unpaired) electrons. The van der Waals surface area contributed by atoms with Gasteiger partial charge in [-0.05, 0) is 35.4 Å². The summed E-state index contributed by atoms with van der Waals surface area (Å²) in [5, 5.41) is 2.48. The predicted octanol–water partition coefficient (Wildman–Crippen LogP) is 3.20. The third-order valence-corrected chi connectivity index (χ3v) is 2.31. The lowest BCUT2D eigenvalue weighted by molar-refractivity contribution is -0.105. The molecule has 0 spiro atoms. The number of halogens is 2. The Labute approximate surface area is 96.9 Å². The molecule has 0 aliphatic rings. The van der Waals surface area contributed by atoms with Gasteiger partial charge in [0.2, 0.25) is 6.41 Å². The lowest BCUT2D eigenvalue weighted by Crippen LogP contribution is -1.92. The molecule has 2 aromatic carbocycles. The van der Waals surface area contributed by atoms with Gasteiger partial charge in [-0.25, -0.2) is 8.78 Å². The lowest BCUT2D eigenvalue weighted by Gasteiger charge is -2.04. The van der Waals surface area contributed by atoms with E-state index in [2.05, 4.69) is 5.32 Å². The van der Waals surface area contributed by atoms with Gasteiger partial charge < -0.3 is 5.32 Å². The second kappa shape index (κ2) is 4.74. The van der Waals surface area contributed by atoms with E-state index < -0.39 is 11.6 Å². The van der Waals surface area contributed by atoms with Crippen molar-refractivity contribution < 1.29 is 13.6 Å². The number of hydrogen-bond acceptors (Lipinski definition) is 1. The molecule has 0 saturated carbocycles. The number of amides is 1. The lowest BCUT2D eigenvalue weighted by atomic mass is 10.1. The van der Waals surface area contributed by atoms with Crippen LogP contribution >= 0.6 is 0 Å². The van der Waals surface area contributed by atoms with Crippen molar-refractivity contribution in [2.24, 2.45) is 0 Å². The van der Waals surface area contributed by atoms with Crippen LogP contribution in [0, 0.1) is 11.6 Å². The van der Waals surface area contributed by atoms with E-state index in [1.165, 1.54) is 12.1 Å². The molecule has 0 atom stereocenters. The van der Waals surface area contributed by atoms with E-state index in [0.717, 1.165) is 6.07 Å². The number of anilines is 1. The Morgan fingerprint density at radius 3 is 2.00 bits per heavy atom. The summed E-state index contributed by atoms with van der Waals surface area (Å²) in [4.78, 5) is 10.2. The standard InChI is InChI=1S/C13H9F2NO/c14-11-5-10(6-12(15)7-11)9-1-3-13(4-2-9)16-8-17/h1-8H,(H,16,17). The van der Waals surface area contributed by atoms with Crippen LogP contribution in [-0.2, 0) is 4.79 Å². The van der Waals surface area contributed by atoms with Crippen molar-refractivity contribution in [3.8, 4) is 11.1 Å². The maximum absolute atomic E-state index is 13.0.